The molecule has 1 fully saturated rings. The Labute approximate surface area is 136 Å². The van der Waals surface area contributed by atoms with Gasteiger partial charge in [-0.05, 0) is 0 Å². The highest BCUT2D eigenvalue weighted by Crippen LogP contribution is 2.36. The molecule has 1 aliphatic rings. The second-order valence-electron chi connectivity index (χ2n) is 4.17. The van der Waals surface area contributed by atoms with Crippen molar-refractivity contribution in [1.82, 2.24) is 20.0 Å². The molecule has 21 heavy (non-hydrogen) atoms. The number of hydrogen-bond acceptors (Lipinski definition) is 8. The van der Waals surface area contributed by atoms with E-state index in [1.165, 1.54) is 0 Å². The van der Waals surface area contributed by atoms with E-state index in [0.29, 0.717) is 26.3 Å². The molecule has 0 spiro atoms. The summed E-state index contributed by atoms with van der Waals surface area (Å²) in [6.45, 7) is 2.82. The third-order valence-electron chi connectivity index (χ3n) is 2.55. The lowest BCUT2D eigenvalue weighted by Crippen LogP contribution is -2.41. The number of aliphatic hydroxyl groups excluding tert-OH is 1. The molecule has 0 aliphatic carbocycles. The van der Waals surface area contributed by atoms with Gasteiger partial charge in [0.05, 0.1) is 19.8 Å². The second kappa shape index (κ2) is 7.57. The topological polar surface area (TPSA) is 95.4 Å². The third kappa shape index (κ3) is 5.24. The van der Waals surface area contributed by atoms with E-state index in [0.717, 1.165) is 0 Å². The van der Waals surface area contributed by atoms with Gasteiger partial charge in [0, 0.05) is 19.6 Å². The first kappa shape index (κ1) is 16.7. The number of hydrazine groups is 1. The highest BCUT2D eigenvalue weighted by molar-refractivity contribution is 6.66. The van der Waals surface area contributed by atoms with Gasteiger partial charge in [0.25, 0.3) is 0 Å². The molecule has 11 heteroatoms. The number of morpholine rings is 1. The van der Waals surface area contributed by atoms with E-state index in [1.807, 2.05) is 5.01 Å². The van der Waals surface area contributed by atoms with Gasteiger partial charge in [-0.25, -0.2) is 5.01 Å². The minimum Gasteiger partial charge on any atom is -0.395 e. The molecule has 0 radical (unpaired) electrons. The van der Waals surface area contributed by atoms with Crippen molar-refractivity contribution in [2.75, 3.05) is 50.2 Å². The van der Waals surface area contributed by atoms with Crippen LogP contribution in [0.4, 0.5) is 11.9 Å². The van der Waals surface area contributed by atoms with Crippen LogP contribution in [0.2, 0.25) is 0 Å². The summed E-state index contributed by atoms with van der Waals surface area (Å²) in [5.41, 5.74) is 3.02. The smallest absolute Gasteiger partial charge is 0.250 e. The van der Waals surface area contributed by atoms with Crippen molar-refractivity contribution in [3.63, 3.8) is 0 Å². The Morgan fingerprint density at radius 2 is 1.81 bits per heavy atom. The van der Waals surface area contributed by atoms with Crippen LogP contribution in [0.5, 0.6) is 0 Å². The molecule has 2 rings (SSSR count). The van der Waals surface area contributed by atoms with Gasteiger partial charge in [0.15, 0.2) is 5.82 Å². The molecular formula is C10H15Cl3N6O2. The molecule has 2 heterocycles. The average molecular weight is 358 g/mol. The molecule has 0 bridgehead atoms. The molecule has 0 saturated carbocycles. The first-order valence-corrected chi connectivity index (χ1v) is 7.40. The van der Waals surface area contributed by atoms with Crippen molar-refractivity contribution >= 4 is 46.7 Å². The van der Waals surface area contributed by atoms with Crippen LogP contribution in [0, 0.1) is 0 Å². The molecule has 1 aliphatic heterocycles. The standard InChI is InChI=1S/C10H15Cl3N6O2/c11-10(12,13)7-15-8(14-1-4-20)17-9(16-7)18-19-2-5-21-6-3-19/h20H,1-6H2,(H2,14,15,16,17,18). The summed E-state index contributed by atoms with van der Waals surface area (Å²) in [7, 11) is 0. The lowest BCUT2D eigenvalue weighted by molar-refractivity contribution is 0.0492. The monoisotopic (exact) mass is 356 g/mol. The molecule has 0 aromatic carbocycles. The molecule has 8 nitrogen and oxygen atoms in total. The minimum atomic E-state index is -1.76. The predicted molar refractivity (Wildman–Crippen MR) is 80.7 cm³/mol. The zero-order valence-electron chi connectivity index (χ0n) is 11.0. The van der Waals surface area contributed by atoms with Crippen molar-refractivity contribution < 1.29 is 9.84 Å². The number of nitrogens with one attached hydrogen (secondary N) is 2. The molecule has 0 amide bonds. The van der Waals surface area contributed by atoms with Crippen molar-refractivity contribution in [2.45, 2.75) is 3.79 Å². The van der Waals surface area contributed by atoms with Crippen LogP contribution in [0.15, 0.2) is 0 Å². The fourth-order valence-electron chi connectivity index (χ4n) is 1.62. The van der Waals surface area contributed by atoms with E-state index >= 15 is 0 Å². The Balaban J connectivity index is 2.17. The number of ether oxygens (including phenoxy) is 1. The number of aliphatic hydroxyl groups is 1. The summed E-state index contributed by atoms with van der Waals surface area (Å²) in [4.78, 5) is 12.3. The maximum atomic E-state index is 8.84. The van der Waals surface area contributed by atoms with E-state index in [1.54, 1.807) is 0 Å². The van der Waals surface area contributed by atoms with Crippen LogP contribution >= 0.6 is 34.8 Å². The molecule has 3 N–H and O–H groups in total. The predicted octanol–water partition coefficient (Wildman–Crippen LogP) is 0.762. The first-order valence-electron chi connectivity index (χ1n) is 6.26. The fourth-order valence-corrected chi connectivity index (χ4v) is 1.87. The van der Waals surface area contributed by atoms with Crippen LogP contribution in [0.3, 0.4) is 0 Å². The van der Waals surface area contributed by atoms with E-state index in [4.69, 9.17) is 44.6 Å². The molecule has 1 aromatic rings. The summed E-state index contributed by atoms with van der Waals surface area (Å²) in [6.07, 6.45) is 0. The Morgan fingerprint density at radius 1 is 1.14 bits per heavy atom. The lowest BCUT2D eigenvalue weighted by atomic mass is 10.5. The quantitative estimate of drug-likeness (QED) is 0.665. The summed E-state index contributed by atoms with van der Waals surface area (Å²) >= 11 is 17.5. The molecular weight excluding hydrogens is 343 g/mol. The largest absolute Gasteiger partial charge is 0.395 e. The van der Waals surface area contributed by atoms with Crippen molar-refractivity contribution in [3.8, 4) is 0 Å². The van der Waals surface area contributed by atoms with Crippen LogP contribution in [-0.4, -0.2) is 64.5 Å². The van der Waals surface area contributed by atoms with E-state index in [2.05, 4.69) is 25.7 Å². The summed E-state index contributed by atoms with van der Waals surface area (Å²) in [5, 5.41) is 13.6. The number of alkyl halides is 3. The second-order valence-corrected chi connectivity index (χ2v) is 6.45. The van der Waals surface area contributed by atoms with Crippen molar-refractivity contribution in [3.05, 3.63) is 5.82 Å². The van der Waals surface area contributed by atoms with Crippen molar-refractivity contribution in [1.29, 1.82) is 0 Å². The Kier molecular flexibility index (Phi) is 6.03. The van der Waals surface area contributed by atoms with Gasteiger partial charge < -0.3 is 15.2 Å². The van der Waals surface area contributed by atoms with Gasteiger partial charge >= 0.3 is 0 Å². The van der Waals surface area contributed by atoms with Gasteiger partial charge in [-0.2, -0.15) is 15.0 Å². The third-order valence-corrected chi connectivity index (χ3v) is 3.06. The number of nitrogens with zero attached hydrogens (tertiary/aromatic N) is 4. The molecule has 118 valence electrons. The molecule has 0 unspecified atom stereocenters. The van der Waals surface area contributed by atoms with Gasteiger partial charge in [0.2, 0.25) is 15.7 Å². The maximum Gasteiger partial charge on any atom is 0.250 e. The maximum absolute atomic E-state index is 8.84. The van der Waals surface area contributed by atoms with Crippen LogP contribution in [-0.2, 0) is 8.53 Å². The molecule has 1 aromatic heterocycles. The number of rotatable bonds is 5. The normalized spacial score (nSPS) is 16.8. The number of anilines is 2. The van der Waals surface area contributed by atoms with E-state index < -0.39 is 3.79 Å². The summed E-state index contributed by atoms with van der Waals surface area (Å²) < 4.78 is 3.49. The van der Waals surface area contributed by atoms with Crippen molar-refractivity contribution in [2.24, 2.45) is 0 Å². The highest BCUT2D eigenvalue weighted by atomic mass is 35.6. The first-order chi connectivity index (χ1) is 9.99. The lowest BCUT2D eigenvalue weighted by Gasteiger charge is -2.27. The SMILES string of the molecule is OCCNc1nc(NN2CCOCC2)nc(C(Cl)(Cl)Cl)n1. The van der Waals surface area contributed by atoms with E-state index in [9.17, 15) is 0 Å². The summed E-state index contributed by atoms with van der Waals surface area (Å²) in [5.74, 6) is 0.475. The van der Waals surface area contributed by atoms with Gasteiger partial charge in [-0.1, -0.05) is 34.8 Å². The number of aromatic nitrogens is 3. The Hall–Kier alpha value is -0.640. The Morgan fingerprint density at radius 3 is 2.43 bits per heavy atom. The van der Waals surface area contributed by atoms with Gasteiger partial charge in [-0.3, -0.25) is 5.43 Å². The minimum absolute atomic E-state index is 0.00120. The van der Waals surface area contributed by atoms with Crippen LogP contribution in [0.25, 0.3) is 0 Å². The zero-order valence-corrected chi connectivity index (χ0v) is 13.3. The Bertz CT molecular complexity index is 467. The summed E-state index contributed by atoms with van der Waals surface area (Å²) in [6, 6.07) is 0. The highest BCUT2D eigenvalue weighted by Gasteiger charge is 2.28. The van der Waals surface area contributed by atoms with Gasteiger partial charge in [-0.15, -0.1) is 0 Å². The zero-order chi connectivity index (χ0) is 15.3. The average Bonchev–Trinajstić information content (AvgIpc) is 2.45. The number of hydrogen-bond donors (Lipinski definition) is 3. The van der Waals surface area contributed by atoms with E-state index in [-0.39, 0.29) is 30.9 Å². The fraction of sp³-hybridized carbons (Fsp3) is 0.700. The van der Waals surface area contributed by atoms with Gasteiger partial charge in [0.1, 0.15) is 0 Å². The molecule has 1 saturated heterocycles. The number of halogens is 3. The van der Waals surface area contributed by atoms with Crippen LogP contribution < -0.4 is 10.7 Å². The molecule has 0 atom stereocenters. The van der Waals surface area contributed by atoms with Crippen LogP contribution in [0.1, 0.15) is 5.82 Å².